The lowest BCUT2D eigenvalue weighted by Crippen LogP contribution is -2.49. The quantitative estimate of drug-likeness (QED) is 0.872. The fourth-order valence-electron chi connectivity index (χ4n) is 3.02. The number of ether oxygens (including phenoxy) is 1. The predicted molar refractivity (Wildman–Crippen MR) is 89.1 cm³/mol. The molecule has 1 fully saturated rings. The van der Waals surface area contributed by atoms with Gasteiger partial charge in [-0.2, -0.15) is 0 Å². The summed E-state index contributed by atoms with van der Waals surface area (Å²) in [6, 6.07) is 15.9. The second-order valence-corrected chi connectivity index (χ2v) is 5.94. The molecular formula is C19H22N2O2. The van der Waals surface area contributed by atoms with Crippen molar-refractivity contribution in [3.05, 3.63) is 66.0 Å². The molecule has 2 atom stereocenters. The van der Waals surface area contributed by atoms with Gasteiger partial charge in [0.2, 0.25) is 5.91 Å². The fourth-order valence-corrected chi connectivity index (χ4v) is 3.02. The summed E-state index contributed by atoms with van der Waals surface area (Å²) in [4.78, 5) is 19.5. The summed E-state index contributed by atoms with van der Waals surface area (Å²) in [5.41, 5.74) is 1.98. The van der Waals surface area contributed by atoms with Crippen molar-refractivity contribution in [2.45, 2.75) is 25.3 Å². The zero-order chi connectivity index (χ0) is 16.1. The van der Waals surface area contributed by atoms with E-state index in [1.807, 2.05) is 60.4 Å². The number of amides is 1. The van der Waals surface area contributed by atoms with Crippen molar-refractivity contribution in [2.24, 2.45) is 0 Å². The Morgan fingerprint density at radius 2 is 2.04 bits per heavy atom. The Balaban J connectivity index is 1.87. The highest BCUT2D eigenvalue weighted by molar-refractivity contribution is 5.84. The summed E-state index contributed by atoms with van der Waals surface area (Å²) in [5, 5.41) is 0. The summed E-state index contributed by atoms with van der Waals surface area (Å²) in [5.74, 6) is -0.0377. The molecule has 23 heavy (non-hydrogen) atoms. The van der Waals surface area contributed by atoms with E-state index in [4.69, 9.17) is 4.74 Å². The van der Waals surface area contributed by atoms with Gasteiger partial charge in [0, 0.05) is 24.9 Å². The summed E-state index contributed by atoms with van der Waals surface area (Å²) >= 11 is 0. The molecule has 0 bridgehead atoms. The molecule has 4 heteroatoms. The minimum Gasteiger partial charge on any atom is -0.377 e. The number of aromatic nitrogens is 1. The van der Waals surface area contributed by atoms with Crippen LogP contribution in [0.25, 0.3) is 0 Å². The zero-order valence-electron chi connectivity index (χ0n) is 13.4. The number of nitrogens with zero attached hydrogens (tertiary/aromatic N) is 2. The highest BCUT2D eigenvalue weighted by atomic mass is 16.5. The van der Waals surface area contributed by atoms with Gasteiger partial charge < -0.3 is 9.64 Å². The van der Waals surface area contributed by atoms with Gasteiger partial charge >= 0.3 is 0 Å². The van der Waals surface area contributed by atoms with Gasteiger partial charge in [-0.25, -0.2) is 0 Å². The van der Waals surface area contributed by atoms with Crippen LogP contribution in [0.4, 0.5) is 0 Å². The number of rotatable bonds is 4. The number of benzene rings is 1. The van der Waals surface area contributed by atoms with Crippen LogP contribution < -0.4 is 0 Å². The predicted octanol–water partition coefficient (Wildman–Crippen LogP) is 2.66. The number of hydrogen-bond donors (Lipinski definition) is 0. The van der Waals surface area contributed by atoms with Gasteiger partial charge in [0.1, 0.15) is 0 Å². The van der Waals surface area contributed by atoms with Crippen LogP contribution in [-0.4, -0.2) is 41.6 Å². The van der Waals surface area contributed by atoms with E-state index in [0.717, 1.165) is 11.3 Å². The van der Waals surface area contributed by atoms with Crippen LogP contribution in [0, 0.1) is 0 Å². The van der Waals surface area contributed by atoms with Gasteiger partial charge in [0.25, 0.3) is 0 Å². The van der Waals surface area contributed by atoms with Crippen LogP contribution in [0.15, 0.2) is 54.7 Å². The Kier molecular flexibility index (Phi) is 5.03. The Bertz CT molecular complexity index is 630. The molecule has 0 N–H and O–H groups in total. The van der Waals surface area contributed by atoms with Crippen molar-refractivity contribution >= 4 is 5.91 Å². The van der Waals surface area contributed by atoms with E-state index in [9.17, 15) is 4.79 Å². The van der Waals surface area contributed by atoms with Crippen LogP contribution in [0.5, 0.6) is 0 Å². The Morgan fingerprint density at radius 1 is 1.26 bits per heavy atom. The smallest absolute Gasteiger partial charge is 0.230 e. The normalized spacial score (nSPS) is 19.3. The van der Waals surface area contributed by atoms with E-state index < -0.39 is 0 Å². The average molecular weight is 310 g/mol. The van der Waals surface area contributed by atoms with Crippen molar-refractivity contribution in [1.82, 2.24) is 9.88 Å². The maximum atomic E-state index is 13.2. The summed E-state index contributed by atoms with van der Waals surface area (Å²) < 4.78 is 5.46. The van der Waals surface area contributed by atoms with Crippen molar-refractivity contribution in [2.75, 3.05) is 19.8 Å². The van der Waals surface area contributed by atoms with Crippen LogP contribution in [0.2, 0.25) is 0 Å². The molecule has 1 aromatic carbocycles. The highest BCUT2D eigenvalue weighted by Crippen LogP contribution is 2.24. The van der Waals surface area contributed by atoms with Crippen molar-refractivity contribution in [3.8, 4) is 0 Å². The average Bonchev–Trinajstić information content (AvgIpc) is 2.61. The fraction of sp³-hybridized carbons (Fsp3) is 0.368. The Labute approximate surface area is 137 Å². The molecule has 2 aromatic rings. The standard InChI is InChI=1S/C19H22N2O2/c1-15-14-23-12-11-21(15)19(22)18(16-7-3-2-4-8-16)13-17-9-5-6-10-20-17/h2-10,15,18H,11-14H2,1H3. The molecule has 0 radical (unpaired) electrons. The second kappa shape index (κ2) is 7.38. The summed E-state index contributed by atoms with van der Waals surface area (Å²) in [7, 11) is 0. The third-order valence-corrected chi connectivity index (χ3v) is 4.29. The van der Waals surface area contributed by atoms with Crippen LogP contribution in [-0.2, 0) is 16.0 Å². The van der Waals surface area contributed by atoms with Crippen LogP contribution >= 0.6 is 0 Å². The maximum absolute atomic E-state index is 13.2. The van der Waals surface area contributed by atoms with Gasteiger partial charge in [-0.15, -0.1) is 0 Å². The van der Waals surface area contributed by atoms with Gasteiger partial charge in [-0.3, -0.25) is 9.78 Å². The van der Waals surface area contributed by atoms with Gasteiger partial charge in [0.15, 0.2) is 0 Å². The molecule has 1 saturated heterocycles. The van der Waals surface area contributed by atoms with Gasteiger partial charge in [0.05, 0.1) is 25.2 Å². The lowest BCUT2D eigenvalue weighted by atomic mass is 9.92. The molecule has 1 amide bonds. The Morgan fingerprint density at radius 3 is 2.74 bits per heavy atom. The van der Waals surface area contributed by atoms with E-state index in [0.29, 0.717) is 26.2 Å². The number of hydrogen-bond acceptors (Lipinski definition) is 3. The molecule has 120 valence electrons. The van der Waals surface area contributed by atoms with Gasteiger partial charge in [-0.05, 0) is 24.6 Å². The van der Waals surface area contributed by atoms with Crippen molar-refractivity contribution < 1.29 is 9.53 Å². The number of carbonyl (C=O) groups is 1. The summed E-state index contributed by atoms with van der Waals surface area (Å²) in [6.07, 6.45) is 2.40. The van der Waals surface area contributed by atoms with Gasteiger partial charge in [-0.1, -0.05) is 36.4 Å². The molecule has 1 aromatic heterocycles. The largest absolute Gasteiger partial charge is 0.377 e. The van der Waals surface area contributed by atoms with E-state index in [-0.39, 0.29) is 17.9 Å². The lowest BCUT2D eigenvalue weighted by molar-refractivity contribution is -0.140. The second-order valence-electron chi connectivity index (χ2n) is 5.94. The van der Waals surface area contributed by atoms with Crippen LogP contribution in [0.3, 0.4) is 0 Å². The molecule has 3 rings (SSSR count). The molecule has 2 unspecified atom stereocenters. The lowest BCUT2D eigenvalue weighted by Gasteiger charge is -2.36. The molecule has 0 spiro atoms. The van der Waals surface area contributed by atoms with Crippen LogP contribution in [0.1, 0.15) is 24.1 Å². The first-order valence-corrected chi connectivity index (χ1v) is 8.09. The first-order chi connectivity index (χ1) is 11.3. The SMILES string of the molecule is CC1COCCN1C(=O)C(Cc1ccccn1)c1ccccc1. The molecule has 4 nitrogen and oxygen atoms in total. The molecule has 0 aliphatic carbocycles. The molecule has 2 heterocycles. The third kappa shape index (κ3) is 3.77. The number of carbonyl (C=O) groups excluding carboxylic acids is 1. The van der Waals surface area contributed by atoms with Crippen molar-refractivity contribution in [3.63, 3.8) is 0 Å². The first kappa shape index (κ1) is 15.7. The molecular weight excluding hydrogens is 288 g/mol. The third-order valence-electron chi connectivity index (χ3n) is 4.29. The molecule has 1 aliphatic heterocycles. The number of morpholine rings is 1. The molecule has 0 saturated carbocycles. The minimum absolute atomic E-state index is 0.117. The highest BCUT2D eigenvalue weighted by Gasteiger charge is 2.31. The monoisotopic (exact) mass is 310 g/mol. The maximum Gasteiger partial charge on any atom is 0.230 e. The topological polar surface area (TPSA) is 42.4 Å². The van der Waals surface area contributed by atoms with E-state index in [2.05, 4.69) is 4.98 Å². The van der Waals surface area contributed by atoms with E-state index >= 15 is 0 Å². The van der Waals surface area contributed by atoms with Crippen molar-refractivity contribution in [1.29, 1.82) is 0 Å². The zero-order valence-corrected chi connectivity index (χ0v) is 13.4. The van der Waals surface area contributed by atoms with E-state index in [1.165, 1.54) is 0 Å². The number of pyridine rings is 1. The minimum atomic E-state index is -0.202. The molecule has 1 aliphatic rings. The summed E-state index contributed by atoms with van der Waals surface area (Å²) in [6.45, 7) is 3.92. The first-order valence-electron chi connectivity index (χ1n) is 8.09. The Hall–Kier alpha value is -2.20. The van der Waals surface area contributed by atoms with E-state index in [1.54, 1.807) is 6.20 Å².